The molecule has 0 saturated heterocycles. The number of nitrogens with one attached hydrogen (secondary N) is 1. The van der Waals surface area contributed by atoms with Crippen LogP contribution in [0.3, 0.4) is 0 Å². The Morgan fingerprint density at radius 3 is 2.65 bits per heavy atom. The van der Waals surface area contributed by atoms with Gasteiger partial charge in [0.15, 0.2) is 0 Å². The molecule has 0 spiro atoms. The highest BCUT2D eigenvalue weighted by Gasteiger charge is 1.97. The second kappa shape index (κ2) is 5.68. The molecule has 1 heterocycles. The Bertz CT molecular complexity index is 485. The Labute approximate surface area is 109 Å². The fraction of sp³-hybridized carbons (Fsp3) is 0.154. The van der Waals surface area contributed by atoms with E-state index in [-0.39, 0.29) is 0 Å². The Balaban J connectivity index is 1.97. The van der Waals surface area contributed by atoms with Gasteiger partial charge >= 0.3 is 0 Å². The van der Waals surface area contributed by atoms with Gasteiger partial charge < -0.3 is 10.1 Å². The van der Waals surface area contributed by atoms with E-state index in [0.29, 0.717) is 0 Å². The molecule has 3 nitrogen and oxygen atoms in total. The van der Waals surface area contributed by atoms with Gasteiger partial charge in [0.2, 0.25) is 0 Å². The summed E-state index contributed by atoms with van der Waals surface area (Å²) in [5.74, 6) is 1.73. The minimum Gasteiger partial charge on any atom is -0.497 e. The topological polar surface area (TPSA) is 34.1 Å². The van der Waals surface area contributed by atoms with E-state index in [1.807, 2.05) is 36.4 Å². The molecule has 0 aliphatic carbocycles. The van der Waals surface area contributed by atoms with Crippen molar-refractivity contribution in [2.75, 3.05) is 12.4 Å². The normalized spacial score (nSPS) is 10.0. The summed E-state index contributed by atoms with van der Waals surface area (Å²) in [6.07, 6.45) is 1.76. The predicted molar refractivity (Wildman–Crippen MR) is 72.3 cm³/mol. The van der Waals surface area contributed by atoms with Crippen LogP contribution in [0.4, 0.5) is 5.82 Å². The molecular formula is C13H13BrN2O. The van der Waals surface area contributed by atoms with Crippen LogP contribution in [-0.2, 0) is 6.54 Å². The van der Waals surface area contributed by atoms with Crippen molar-refractivity contribution in [3.63, 3.8) is 0 Å². The lowest BCUT2D eigenvalue weighted by atomic mass is 10.2. The molecule has 0 saturated carbocycles. The number of aromatic nitrogens is 1. The van der Waals surface area contributed by atoms with Crippen LogP contribution in [0.2, 0.25) is 0 Å². The maximum atomic E-state index is 5.11. The van der Waals surface area contributed by atoms with Gasteiger partial charge in [0.1, 0.15) is 11.6 Å². The third kappa shape index (κ3) is 3.46. The molecule has 1 aromatic heterocycles. The lowest BCUT2D eigenvalue weighted by Gasteiger charge is -2.06. The smallest absolute Gasteiger partial charge is 0.127 e. The van der Waals surface area contributed by atoms with Crippen LogP contribution < -0.4 is 10.1 Å². The number of benzene rings is 1. The number of pyridine rings is 1. The van der Waals surface area contributed by atoms with E-state index in [2.05, 4.69) is 26.2 Å². The first-order valence-corrected chi connectivity index (χ1v) is 6.05. The zero-order chi connectivity index (χ0) is 12.1. The first kappa shape index (κ1) is 11.9. The highest BCUT2D eigenvalue weighted by atomic mass is 79.9. The Morgan fingerprint density at radius 2 is 2.00 bits per heavy atom. The van der Waals surface area contributed by atoms with Crippen LogP contribution in [-0.4, -0.2) is 12.1 Å². The molecule has 0 amide bonds. The summed E-state index contributed by atoms with van der Waals surface area (Å²) in [6.45, 7) is 0.743. The van der Waals surface area contributed by atoms with E-state index >= 15 is 0 Å². The molecule has 0 aliphatic rings. The van der Waals surface area contributed by atoms with Crippen molar-refractivity contribution < 1.29 is 4.74 Å². The molecule has 1 aromatic carbocycles. The summed E-state index contributed by atoms with van der Waals surface area (Å²) < 4.78 is 6.13. The van der Waals surface area contributed by atoms with Crippen molar-refractivity contribution in [1.82, 2.24) is 4.98 Å². The number of rotatable bonds is 4. The molecular weight excluding hydrogens is 280 g/mol. The Morgan fingerprint density at radius 1 is 1.24 bits per heavy atom. The monoisotopic (exact) mass is 292 g/mol. The second-order valence-corrected chi connectivity index (χ2v) is 4.48. The third-order valence-electron chi connectivity index (χ3n) is 2.35. The van der Waals surface area contributed by atoms with Crippen LogP contribution in [0, 0.1) is 0 Å². The number of hydrogen-bond acceptors (Lipinski definition) is 3. The zero-order valence-corrected chi connectivity index (χ0v) is 11.1. The second-order valence-electron chi connectivity index (χ2n) is 3.56. The number of anilines is 1. The minimum atomic E-state index is 0.743. The van der Waals surface area contributed by atoms with Crippen LogP contribution in [0.25, 0.3) is 0 Å². The van der Waals surface area contributed by atoms with Gasteiger partial charge in [0.25, 0.3) is 0 Å². The molecule has 4 heteroatoms. The van der Waals surface area contributed by atoms with Gasteiger partial charge in [-0.2, -0.15) is 0 Å². The molecule has 0 aliphatic heterocycles. The van der Waals surface area contributed by atoms with Gasteiger partial charge in [-0.25, -0.2) is 4.98 Å². The molecule has 1 N–H and O–H groups in total. The minimum absolute atomic E-state index is 0.743. The van der Waals surface area contributed by atoms with Gasteiger partial charge in [-0.3, -0.25) is 0 Å². The lowest BCUT2D eigenvalue weighted by Crippen LogP contribution is -2.00. The highest BCUT2D eigenvalue weighted by Crippen LogP contribution is 2.15. The average Bonchev–Trinajstić information content (AvgIpc) is 2.37. The SMILES string of the molecule is COc1ccc(CNc2cc(Br)ccn2)cc1. The van der Waals surface area contributed by atoms with Gasteiger partial charge in [0, 0.05) is 17.2 Å². The molecule has 2 aromatic rings. The standard InChI is InChI=1S/C13H13BrN2O/c1-17-12-4-2-10(3-5-12)9-16-13-8-11(14)6-7-15-13/h2-8H,9H2,1H3,(H,15,16). The van der Waals surface area contributed by atoms with Crippen molar-refractivity contribution in [2.45, 2.75) is 6.54 Å². The van der Waals surface area contributed by atoms with Crippen molar-refractivity contribution in [3.05, 3.63) is 52.6 Å². The zero-order valence-electron chi connectivity index (χ0n) is 9.48. The summed E-state index contributed by atoms with van der Waals surface area (Å²) in [7, 11) is 1.67. The van der Waals surface area contributed by atoms with Crippen molar-refractivity contribution in [2.24, 2.45) is 0 Å². The molecule has 0 bridgehead atoms. The Hall–Kier alpha value is -1.55. The molecule has 2 rings (SSSR count). The maximum absolute atomic E-state index is 5.11. The molecule has 0 fully saturated rings. The molecule has 0 unspecified atom stereocenters. The summed E-state index contributed by atoms with van der Waals surface area (Å²) in [6, 6.07) is 11.8. The predicted octanol–water partition coefficient (Wildman–Crippen LogP) is 3.46. The maximum Gasteiger partial charge on any atom is 0.127 e. The number of methoxy groups -OCH3 is 1. The first-order chi connectivity index (χ1) is 8.28. The van der Waals surface area contributed by atoms with Gasteiger partial charge in [-0.1, -0.05) is 28.1 Å². The van der Waals surface area contributed by atoms with Crippen LogP contribution in [0.5, 0.6) is 5.75 Å². The number of hydrogen-bond donors (Lipinski definition) is 1. The summed E-state index contributed by atoms with van der Waals surface area (Å²) in [5.41, 5.74) is 1.19. The number of halogens is 1. The van der Waals surface area contributed by atoms with E-state index in [1.165, 1.54) is 5.56 Å². The highest BCUT2D eigenvalue weighted by molar-refractivity contribution is 9.10. The molecule has 0 radical (unpaired) electrons. The largest absolute Gasteiger partial charge is 0.497 e. The molecule has 0 atom stereocenters. The third-order valence-corrected chi connectivity index (χ3v) is 2.85. The van der Waals surface area contributed by atoms with Crippen molar-refractivity contribution in [1.29, 1.82) is 0 Å². The van der Waals surface area contributed by atoms with Crippen LogP contribution in [0.15, 0.2) is 47.1 Å². The number of ether oxygens (including phenoxy) is 1. The van der Waals surface area contributed by atoms with Gasteiger partial charge in [-0.15, -0.1) is 0 Å². The van der Waals surface area contributed by atoms with Gasteiger partial charge in [-0.05, 0) is 29.8 Å². The Kier molecular flexibility index (Phi) is 3.98. The average molecular weight is 293 g/mol. The van der Waals surface area contributed by atoms with Crippen molar-refractivity contribution >= 4 is 21.7 Å². The summed E-state index contributed by atoms with van der Waals surface area (Å²) >= 11 is 3.41. The van der Waals surface area contributed by atoms with Crippen LogP contribution in [0.1, 0.15) is 5.56 Å². The van der Waals surface area contributed by atoms with Crippen LogP contribution >= 0.6 is 15.9 Å². The summed E-state index contributed by atoms with van der Waals surface area (Å²) in [4.78, 5) is 4.22. The molecule has 88 valence electrons. The van der Waals surface area contributed by atoms with E-state index < -0.39 is 0 Å². The van der Waals surface area contributed by atoms with E-state index in [4.69, 9.17) is 4.74 Å². The summed E-state index contributed by atoms with van der Waals surface area (Å²) in [5, 5.41) is 3.26. The fourth-order valence-electron chi connectivity index (χ4n) is 1.44. The van der Waals surface area contributed by atoms with E-state index in [0.717, 1.165) is 22.6 Å². The molecule has 17 heavy (non-hydrogen) atoms. The van der Waals surface area contributed by atoms with E-state index in [9.17, 15) is 0 Å². The quantitative estimate of drug-likeness (QED) is 0.937. The van der Waals surface area contributed by atoms with E-state index in [1.54, 1.807) is 13.3 Å². The first-order valence-electron chi connectivity index (χ1n) is 5.26. The van der Waals surface area contributed by atoms with Crippen molar-refractivity contribution in [3.8, 4) is 5.75 Å². The van der Waals surface area contributed by atoms with Gasteiger partial charge in [0.05, 0.1) is 7.11 Å². The number of nitrogens with zero attached hydrogens (tertiary/aromatic N) is 1. The lowest BCUT2D eigenvalue weighted by molar-refractivity contribution is 0.414. The fourth-order valence-corrected chi connectivity index (χ4v) is 1.77.